The number of terminal acetylenes is 1. The Kier molecular flexibility index (Phi) is 3.66. The summed E-state index contributed by atoms with van der Waals surface area (Å²) in [5.74, 6) is 2.40. The SMILES string of the molecule is C#CC1(OC(=O)CCc2c(C)nn(C)c2C)CCC1. The van der Waals surface area contributed by atoms with E-state index < -0.39 is 5.60 Å². The second kappa shape index (κ2) is 5.08. The molecular weight excluding hydrogens is 240 g/mol. The van der Waals surface area contributed by atoms with Gasteiger partial charge >= 0.3 is 5.97 Å². The predicted molar refractivity (Wildman–Crippen MR) is 72.5 cm³/mol. The van der Waals surface area contributed by atoms with Gasteiger partial charge in [-0.2, -0.15) is 5.10 Å². The average Bonchev–Trinajstić information content (AvgIpc) is 2.56. The minimum absolute atomic E-state index is 0.208. The number of aryl methyl sites for hydroxylation is 2. The van der Waals surface area contributed by atoms with Crippen LogP contribution < -0.4 is 0 Å². The molecule has 0 radical (unpaired) electrons. The van der Waals surface area contributed by atoms with E-state index >= 15 is 0 Å². The molecule has 1 aromatic heterocycles. The maximum absolute atomic E-state index is 11.9. The van der Waals surface area contributed by atoms with Crippen molar-refractivity contribution in [1.29, 1.82) is 0 Å². The Hall–Kier alpha value is -1.76. The second-order valence-electron chi connectivity index (χ2n) is 5.24. The number of esters is 1. The van der Waals surface area contributed by atoms with Crippen LogP contribution in [0, 0.1) is 26.2 Å². The summed E-state index contributed by atoms with van der Waals surface area (Å²) in [6, 6.07) is 0. The fraction of sp³-hybridized carbons (Fsp3) is 0.600. The first kappa shape index (κ1) is 13.7. The molecule has 1 fully saturated rings. The fourth-order valence-electron chi connectivity index (χ4n) is 2.45. The van der Waals surface area contributed by atoms with Crippen molar-refractivity contribution in [2.75, 3.05) is 0 Å². The van der Waals surface area contributed by atoms with Gasteiger partial charge in [0.25, 0.3) is 0 Å². The van der Waals surface area contributed by atoms with Crippen molar-refractivity contribution in [3.8, 4) is 12.3 Å². The number of rotatable bonds is 4. The highest BCUT2D eigenvalue weighted by molar-refractivity contribution is 5.71. The summed E-state index contributed by atoms with van der Waals surface area (Å²) in [7, 11) is 1.91. The molecule has 0 aromatic carbocycles. The quantitative estimate of drug-likeness (QED) is 0.615. The Bertz CT molecular complexity index is 533. The van der Waals surface area contributed by atoms with Gasteiger partial charge in [-0.1, -0.05) is 5.92 Å². The average molecular weight is 260 g/mol. The normalized spacial score (nSPS) is 16.5. The number of nitrogens with zero attached hydrogens (tertiary/aromatic N) is 2. The third-order valence-corrected chi connectivity index (χ3v) is 3.97. The van der Waals surface area contributed by atoms with Gasteiger partial charge in [-0.15, -0.1) is 6.42 Å². The van der Waals surface area contributed by atoms with Gasteiger partial charge in [0.1, 0.15) is 0 Å². The Labute approximate surface area is 114 Å². The molecule has 0 atom stereocenters. The number of carbonyl (C=O) groups is 1. The van der Waals surface area contributed by atoms with Crippen molar-refractivity contribution in [1.82, 2.24) is 9.78 Å². The van der Waals surface area contributed by atoms with Gasteiger partial charge in [0.05, 0.1) is 5.69 Å². The molecule has 0 N–H and O–H groups in total. The van der Waals surface area contributed by atoms with E-state index in [1.807, 2.05) is 25.6 Å². The summed E-state index contributed by atoms with van der Waals surface area (Å²) in [5, 5.41) is 4.34. The van der Waals surface area contributed by atoms with Crippen molar-refractivity contribution in [2.45, 2.75) is 51.6 Å². The molecule has 102 valence electrons. The van der Waals surface area contributed by atoms with Crippen LogP contribution in [0.1, 0.15) is 42.6 Å². The summed E-state index contributed by atoms with van der Waals surface area (Å²) in [4.78, 5) is 11.9. The molecule has 4 nitrogen and oxygen atoms in total. The van der Waals surface area contributed by atoms with E-state index in [0.29, 0.717) is 12.8 Å². The Balaban J connectivity index is 1.92. The van der Waals surface area contributed by atoms with E-state index in [0.717, 1.165) is 36.2 Å². The molecule has 0 bridgehead atoms. The standard InChI is InChI=1S/C15H20N2O2/c1-5-15(9-6-10-15)19-14(18)8-7-13-11(2)16-17(4)12(13)3/h1H,6-10H2,2-4H3. The first-order valence-corrected chi connectivity index (χ1v) is 6.66. The number of aromatic nitrogens is 2. The van der Waals surface area contributed by atoms with Crippen LogP contribution in [0.2, 0.25) is 0 Å². The van der Waals surface area contributed by atoms with Crippen molar-refractivity contribution in [3.05, 3.63) is 17.0 Å². The lowest BCUT2D eigenvalue weighted by Gasteiger charge is -2.36. The Morgan fingerprint density at radius 3 is 2.63 bits per heavy atom. The monoisotopic (exact) mass is 260 g/mol. The van der Waals surface area contributed by atoms with Crippen LogP contribution in [0.5, 0.6) is 0 Å². The van der Waals surface area contributed by atoms with Gasteiger partial charge in [0.2, 0.25) is 0 Å². The first-order chi connectivity index (χ1) is 8.97. The summed E-state index contributed by atoms with van der Waals surface area (Å²) < 4.78 is 7.27. The smallest absolute Gasteiger partial charge is 0.307 e. The zero-order valence-corrected chi connectivity index (χ0v) is 11.8. The summed E-state index contributed by atoms with van der Waals surface area (Å²) in [5.41, 5.74) is 2.59. The second-order valence-corrected chi connectivity index (χ2v) is 5.24. The highest BCUT2D eigenvalue weighted by atomic mass is 16.6. The Morgan fingerprint density at radius 2 is 2.21 bits per heavy atom. The molecular formula is C15H20N2O2. The van der Waals surface area contributed by atoms with E-state index in [2.05, 4.69) is 11.0 Å². The molecule has 0 unspecified atom stereocenters. The van der Waals surface area contributed by atoms with Crippen LogP contribution in [-0.4, -0.2) is 21.4 Å². The van der Waals surface area contributed by atoms with Crippen LogP contribution in [-0.2, 0) is 23.0 Å². The van der Waals surface area contributed by atoms with E-state index in [1.54, 1.807) is 0 Å². The molecule has 0 amide bonds. The molecule has 0 saturated heterocycles. The van der Waals surface area contributed by atoms with Crippen LogP contribution in [0.15, 0.2) is 0 Å². The van der Waals surface area contributed by atoms with Crippen LogP contribution in [0.3, 0.4) is 0 Å². The topological polar surface area (TPSA) is 44.1 Å². The maximum Gasteiger partial charge on any atom is 0.307 e. The lowest BCUT2D eigenvalue weighted by Crippen LogP contribution is -2.40. The molecule has 1 saturated carbocycles. The van der Waals surface area contributed by atoms with Crippen molar-refractivity contribution < 1.29 is 9.53 Å². The van der Waals surface area contributed by atoms with E-state index in [1.165, 1.54) is 0 Å². The van der Waals surface area contributed by atoms with Gasteiger partial charge < -0.3 is 4.74 Å². The van der Waals surface area contributed by atoms with E-state index in [4.69, 9.17) is 11.2 Å². The maximum atomic E-state index is 11.9. The van der Waals surface area contributed by atoms with Gasteiger partial charge in [-0.05, 0) is 45.1 Å². The zero-order valence-electron chi connectivity index (χ0n) is 11.8. The molecule has 4 heteroatoms. The molecule has 1 aromatic rings. The Morgan fingerprint density at radius 1 is 1.53 bits per heavy atom. The third-order valence-electron chi connectivity index (χ3n) is 3.97. The molecule has 1 aliphatic rings. The zero-order chi connectivity index (χ0) is 14.0. The lowest BCUT2D eigenvalue weighted by molar-refractivity contribution is -0.160. The van der Waals surface area contributed by atoms with Gasteiger partial charge in [0, 0.05) is 19.2 Å². The number of carbonyl (C=O) groups excluding carboxylic acids is 1. The van der Waals surface area contributed by atoms with Crippen molar-refractivity contribution in [2.24, 2.45) is 7.05 Å². The molecule has 0 spiro atoms. The van der Waals surface area contributed by atoms with Crippen LogP contribution in [0.4, 0.5) is 0 Å². The fourth-order valence-corrected chi connectivity index (χ4v) is 2.45. The van der Waals surface area contributed by atoms with Crippen LogP contribution >= 0.6 is 0 Å². The van der Waals surface area contributed by atoms with E-state index in [-0.39, 0.29) is 5.97 Å². The predicted octanol–water partition coefficient (Wildman–Crippen LogP) is 2.07. The highest BCUT2D eigenvalue weighted by Crippen LogP contribution is 2.35. The van der Waals surface area contributed by atoms with Crippen LogP contribution in [0.25, 0.3) is 0 Å². The van der Waals surface area contributed by atoms with E-state index in [9.17, 15) is 4.79 Å². The third kappa shape index (κ3) is 2.65. The van der Waals surface area contributed by atoms with Gasteiger partial charge in [-0.3, -0.25) is 9.48 Å². The molecule has 19 heavy (non-hydrogen) atoms. The largest absolute Gasteiger partial charge is 0.446 e. The molecule has 1 heterocycles. The minimum atomic E-state index is -0.615. The minimum Gasteiger partial charge on any atom is -0.446 e. The highest BCUT2D eigenvalue weighted by Gasteiger charge is 2.38. The van der Waals surface area contributed by atoms with Crippen molar-refractivity contribution >= 4 is 5.97 Å². The first-order valence-electron chi connectivity index (χ1n) is 6.66. The molecule has 2 rings (SSSR count). The molecule has 0 aliphatic heterocycles. The summed E-state index contributed by atoms with van der Waals surface area (Å²) in [6.45, 7) is 3.97. The lowest BCUT2D eigenvalue weighted by atomic mass is 9.81. The number of hydrogen-bond acceptors (Lipinski definition) is 3. The van der Waals surface area contributed by atoms with Gasteiger partial charge in [-0.25, -0.2) is 0 Å². The summed E-state index contributed by atoms with van der Waals surface area (Å²) in [6.07, 6.45) is 9.07. The molecule has 1 aliphatic carbocycles. The van der Waals surface area contributed by atoms with Gasteiger partial charge in [0.15, 0.2) is 5.60 Å². The number of ether oxygens (including phenoxy) is 1. The summed E-state index contributed by atoms with van der Waals surface area (Å²) >= 11 is 0. The number of hydrogen-bond donors (Lipinski definition) is 0. The van der Waals surface area contributed by atoms with Crippen molar-refractivity contribution in [3.63, 3.8) is 0 Å².